The van der Waals surface area contributed by atoms with Gasteiger partial charge in [0.15, 0.2) is 0 Å². The number of thiophene rings is 1. The number of likely N-dealkylation sites (tertiary alicyclic amines) is 1. The maximum Gasteiger partial charge on any atom is 0.227 e. The van der Waals surface area contributed by atoms with Gasteiger partial charge in [-0.1, -0.05) is 23.4 Å². The number of ether oxygens (including phenoxy) is 1. The van der Waals surface area contributed by atoms with Crippen LogP contribution in [0.2, 0.25) is 0 Å². The average molecular weight is 383 g/mol. The number of aromatic nitrogens is 2. The predicted molar refractivity (Wildman–Crippen MR) is 103 cm³/mol. The number of amides is 1. The number of carbonyl (C=O) groups excluding carboxylic acids is 1. The molecule has 1 aromatic carbocycles. The van der Waals surface area contributed by atoms with E-state index in [0.717, 1.165) is 35.6 Å². The summed E-state index contributed by atoms with van der Waals surface area (Å²) in [6.07, 6.45) is 2.84. The summed E-state index contributed by atoms with van der Waals surface area (Å²) >= 11 is 1.57. The van der Waals surface area contributed by atoms with Gasteiger partial charge in [0, 0.05) is 19.4 Å². The molecule has 1 fully saturated rings. The Bertz CT molecular complexity index is 890. The van der Waals surface area contributed by atoms with Gasteiger partial charge < -0.3 is 14.2 Å². The summed E-state index contributed by atoms with van der Waals surface area (Å²) in [7, 11) is 1.65. The molecule has 0 bridgehead atoms. The van der Waals surface area contributed by atoms with Gasteiger partial charge >= 0.3 is 0 Å². The average Bonchev–Trinajstić information content (AvgIpc) is 3.47. The minimum Gasteiger partial charge on any atom is -0.497 e. The van der Waals surface area contributed by atoms with E-state index in [1.54, 1.807) is 18.4 Å². The van der Waals surface area contributed by atoms with Crippen molar-refractivity contribution in [2.45, 2.75) is 31.7 Å². The molecule has 0 N–H and O–H groups in total. The smallest absolute Gasteiger partial charge is 0.227 e. The molecule has 4 rings (SSSR count). The highest BCUT2D eigenvalue weighted by molar-refractivity contribution is 7.13. The Kier molecular flexibility index (Phi) is 5.20. The number of benzene rings is 1. The van der Waals surface area contributed by atoms with Crippen LogP contribution >= 0.6 is 11.3 Å². The van der Waals surface area contributed by atoms with Crippen molar-refractivity contribution >= 4 is 17.2 Å². The third-order valence-corrected chi connectivity index (χ3v) is 5.70. The molecule has 1 aliphatic rings. The van der Waals surface area contributed by atoms with Crippen LogP contribution < -0.4 is 4.74 Å². The quantitative estimate of drug-likeness (QED) is 0.641. The minimum atomic E-state index is 0.129. The van der Waals surface area contributed by atoms with Gasteiger partial charge in [-0.05, 0) is 42.0 Å². The minimum absolute atomic E-state index is 0.129. The molecule has 0 spiro atoms. The third-order valence-electron chi connectivity index (χ3n) is 4.84. The summed E-state index contributed by atoms with van der Waals surface area (Å²) in [4.78, 5) is 20.1. The molecule has 0 radical (unpaired) electrons. The van der Waals surface area contributed by atoms with Gasteiger partial charge in [0.25, 0.3) is 0 Å². The summed E-state index contributed by atoms with van der Waals surface area (Å²) in [5.74, 6) is 2.05. The van der Waals surface area contributed by atoms with Crippen molar-refractivity contribution in [2.75, 3.05) is 13.7 Å². The fraction of sp³-hybridized carbons (Fsp3) is 0.350. The number of hydrogen-bond acceptors (Lipinski definition) is 6. The Morgan fingerprint density at radius 1 is 1.33 bits per heavy atom. The number of aryl methyl sites for hydroxylation is 1. The van der Waals surface area contributed by atoms with Gasteiger partial charge in [-0.25, -0.2) is 0 Å². The molecule has 1 aliphatic heterocycles. The summed E-state index contributed by atoms with van der Waals surface area (Å²) in [5, 5.41) is 5.97. The molecule has 7 heteroatoms. The number of methoxy groups -OCH3 is 1. The van der Waals surface area contributed by atoms with Gasteiger partial charge in [-0.15, -0.1) is 11.3 Å². The molecule has 1 amide bonds. The summed E-state index contributed by atoms with van der Waals surface area (Å²) in [5.41, 5.74) is 1.15. The van der Waals surface area contributed by atoms with Gasteiger partial charge in [0.2, 0.25) is 17.6 Å². The van der Waals surface area contributed by atoms with Crippen LogP contribution in [0.15, 0.2) is 46.3 Å². The second-order valence-electron chi connectivity index (χ2n) is 6.51. The highest BCUT2D eigenvalue weighted by Gasteiger charge is 2.29. The van der Waals surface area contributed by atoms with Crippen LogP contribution in [-0.2, 0) is 11.2 Å². The van der Waals surface area contributed by atoms with Crippen LogP contribution in [0.5, 0.6) is 5.75 Å². The zero-order valence-corrected chi connectivity index (χ0v) is 15.9. The standard InChI is InChI=1S/C20H21N3O3S/c1-25-15-8-6-14(7-9-15)16-4-2-12-23(16)19(24)11-10-18-21-20(22-26-18)17-5-3-13-27-17/h3,5-9,13,16H,2,4,10-12H2,1H3. The summed E-state index contributed by atoms with van der Waals surface area (Å²) < 4.78 is 10.5. The van der Waals surface area contributed by atoms with Crippen molar-refractivity contribution < 1.29 is 14.1 Å². The van der Waals surface area contributed by atoms with Gasteiger partial charge in [0.1, 0.15) is 5.75 Å². The van der Waals surface area contributed by atoms with Gasteiger partial charge in [-0.2, -0.15) is 4.98 Å². The second-order valence-corrected chi connectivity index (χ2v) is 7.46. The fourth-order valence-corrected chi connectivity index (χ4v) is 4.11. The van der Waals surface area contributed by atoms with Gasteiger partial charge in [0.05, 0.1) is 18.0 Å². The molecule has 1 saturated heterocycles. The second kappa shape index (κ2) is 7.92. The largest absolute Gasteiger partial charge is 0.497 e. The molecule has 140 valence electrons. The fourth-order valence-electron chi connectivity index (χ4n) is 3.46. The highest BCUT2D eigenvalue weighted by Crippen LogP contribution is 2.33. The van der Waals surface area contributed by atoms with E-state index in [1.807, 2.05) is 46.7 Å². The lowest BCUT2D eigenvalue weighted by Crippen LogP contribution is -2.30. The number of hydrogen-bond donors (Lipinski definition) is 0. The van der Waals surface area contributed by atoms with E-state index < -0.39 is 0 Å². The van der Waals surface area contributed by atoms with Crippen molar-refractivity contribution in [3.8, 4) is 16.5 Å². The van der Waals surface area contributed by atoms with Crippen molar-refractivity contribution in [3.63, 3.8) is 0 Å². The maximum atomic E-state index is 12.8. The topological polar surface area (TPSA) is 68.5 Å². The molecule has 0 saturated carbocycles. The van der Waals surface area contributed by atoms with Gasteiger partial charge in [-0.3, -0.25) is 4.79 Å². The van der Waals surface area contributed by atoms with E-state index in [1.165, 1.54) is 0 Å². The molecule has 0 aliphatic carbocycles. The van der Waals surface area contributed by atoms with Crippen molar-refractivity contribution in [1.29, 1.82) is 0 Å². The molecule has 6 nitrogen and oxygen atoms in total. The Morgan fingerprint density at radius 2 is 2.19 bits per heavy atom. The Morgan fingerprint density at radius 3 is 2.93 bits per heavy atom. The zero-order chi connectivity index (χ0) is 18.6. The van der Waals surface area contributed by atoms with E-state index in [9.17, 15) is 4.79 Å². The van der Waals surface area contributed by atoms with Crippen LogP contribution in [0.3, 0.4) is 0 Å². The van der Waals surface area contributed by atoms with E-state index in [0.29, 0.717) is 24.6 Å². The molecule has 3 aromatic rings. The van der Waals surface area contributed by atoms with Crippen LogP contribution in [0.4, 0.5) is 0 Å². The van der Waals surface area contributed by atoms with Crippen LogP contribution in [0.25, 0.3) is 10.7 Å². The first-order valence-corrected chi connectivity index (χ1v) is 9.92. The van der Waals surface area contributed by atoms with E-state index in [4.69, 9.17) is 9.26 Å². The molecule has 27 heavy (non-hydrogen) atoms. The van der Waals surface area contributed by atoms with Crippen LogP contribution in [0.1, 0.15) is 36.8 Å². The third kappa shape index (κ3) is 3.88. The van der Waals surface area contributed by atoms with Crippen LogP contribution in [0, 0.1) is 0 Å². The predicted octanol–water partition coefficient (Wildman–Crippen LogP) is 4.10. The van der Waals surface area contributed by atoms with Crippen LogP contribution in [-0.4, -0.2) is 34.6 Å². The Labute approximate surface area is 161 Å². The van der Waals surface area contributed by atoms with Crippen molar-refractivity contribution in [1.82, 2.24) is 15.0 Å². The lowest BCUT2D eigenvalue weighted by molar-refractivity contribution is -0.132. The normalized spacial score (nSPS) is 16.6. The molecular weight excluding hydrogens is 362 g/mol. The highest BCUT2D eigenvalue weighted by atomic mass is 32.1. The van der Waals surface area contributed by atoms with E-state index >= 15 is 0 Å². The van der Waals surface area contributed by atoms with Crippen molar-refractivity contribution in [3.05, 3.63) is 53.2 Å². The van der Waals surface area contributed by atoms with Crippen molar-refractivity contribution in [2.24, 2.45) is 0 Å². The molecule has 1 atom stereocenters. The molecule has 2 aromatic heterocycles. The number of carbonyl (C=O) groups is 1. The first-order chi connectivity index (χ1) is 13.2. The molecule has 1 unspecified atom stereocenters. The van der Waals surface area contributed by atoms with E-state index in [-0.39, 0.29) is 11.9 Å². The monoisotopic (exact) mass is 383 g/mol. The molecular formula is C20H21N3O3S. The summed E-state index contributed by atoms with van der Waals surface area (Å²) in [6.45, 7) is 0.791. The Balaban J connectivity index is 1.38. The summed E-state index contributed by atoms with van der Waals surface area (Å²) in [6, 6.07) is 12.0. The zero-order valence-electron chi connectivity index (χ0n) is 15.1. The lowest BCUT2D eigenvalue weighted by Gasteiger charge is -2.25. The number of nitrogens with zero attached hydrogens (tertiary/aromatic N) is 3. The maximum absolute atomic E-state index is 12.8. The first-order valence-electron chi connectivity index (χ1n) is 9.04. The SMILES string of the molecule is COc1ccc(C2CCCN2C(=O)CCc2nc(-c3cccs3)no2)cc1. The Hall–Kier alpha value is -2.67. The lowest BCUT2D eigenvalue weighted by atomic mass is 10.0. The first kappa shape index (κ1) is 17.7. The number of rotatable bonds is 6. The molecule has 3 heterocycles. The van der Waals surface area contributed by atoms with E-state index in [2.05, 4.69) is 10.1 Å².